The van der Waals surface area contributed by atoms with Crippen LogP contribution in [-0.4, -0.2) is 0 Å². The van der Waals surface area contributed by atoms with E-state index in [2.05, 4.69) is 36.5 Å². The number of rotatable bonds is 0. The Kier molecular flexibility index (Phi) is 2.05. The SMILES string of the molecule is C1=CC2=CC=C3C(=CC=C4CCCC[C@@H]43)[C@@H]2C1. The topological polar surface area (TPSA) is 0 Å². The van der Waals surface area contributed by atoms with Crippen LogP contribution in [0.1, 0.15) is 32.1 Å². The molecule has 0 N–H and O–H groups in total. The van der Waals surface area contributed by atoms with Crippen molar-refractivity contribution in [3.63, 3.8) is 0 Å². The highest BCUT2D eigenvalue weighted by atomic mass is 14.4. The van der Waals surface area contributed by atoms with Crippen LogP contribution in [0.3, 0.4) is 0 Å². The molecule has 4 aliphatic carbocycles. The number of fused-ring (bicyclic) bond motifs is 5. The van der Waals surface area contributed by atoms with E-state index >= 15 is 0 Å². The second kappa shape index (κ2) is 3.60. The molecule has 0 aromatic rings. The van der Waals surface area contributed by atoms with E-state index in [9.17, 15) is 0 Å². The van der Waals surface area contributed by atoms with Crippen molar-refractivity contribution in [2.24, 2.45) is 11.8 Å². The molecule has 86 valence electrons. The molecule has 0 heteroatoms. The molecule has 0 radical (unpaired) electrons. The first-order chi connectivity index (χ1) is 8.43. The van der Waals surface area contributed by atoms with Gasteiger partial charge in [-0.25, -0.2) is 0 Å². The molecule has 0 nitrogen and oxygen atoms in total. The number of hydrogen-bond donors (Lipinski definition) is 0. The summed E-state index contributed by atoms with van der Waals surface area (Å²) in [6.07, 6.45) is 20.9. The standard InChI is InChI=1S/C17H18/c1-2-6-14-12(4-1)8-10-17-15-7-3-5-13(15)9-11-16(14)17/h3,5,8-11,14-15H,1-2,4,6-7H2/t14-,15+/m0/s1. The molecule has 1 fully saturated rings. The Bertz CT molecular complexity index is 508. The van der Waals surface area contributed by atoms with Gasteiger partial charge in [-0.1, -0.05) is 48.5 Å². The van der Waals surface area contributed by atoms with Gasteiger partial charge >= 0.3 is 0 Å². The zero-order valence-corrected chi connectivity index (χ0v) is 10.2. The zero-order chi connectivity index (χ0) is 11.2. The molecule has 4 rings (SSSR count). The van der Waals surface area contributed by atoms with E-state index in [-0.39, 0.29) is 0 Å². The second-order valence-electron chi connectivity index (χ2n) is 5.64. The maximum Gasteiger partial charge on any atom is 0.0127 e. The van der Waals surface area contributed by atoms with E-state index in [1.54, 1.807) is 16.7 Å². The van der Waals surface area contributed by atoms with Crippen molar-refractivity contribution in [3.8, 4) is 0 Å². The minimum absolute atomic E-state index is 0.676. The van der Waals surface area contributed by atoms with Gasteiger partial charge in [0.15, 0.2) is 0 Å². The van der Waals surface area contributed by atoms with Crippen LogP contribution >= 0.6 is 0 Å². The maximum absolute atomic E-state index is 2.43. The summed E-state index contributed by atoms with van der Waals surface area (Å²) in [7, 11) is 0. The minimum Gasteiger partial charge on any atom is -0.0833 e. The Hall–Kier alpha value is -1.30. The first kappa shape index (κ1) is 9.70. The van der Waals surface area contributed by atoms with Crippen molar-refractivity contribution in [1.82, 2.24) is 0 Å². The van der Waals surface area contributed by atoms with Gasteiger partial charge in [0, 0.05) is 11.8 Å². The van der Waals surface area contributed by atoms with E-state index < -0.39 is 0 Å². The molecule has 0 aromatic carbocycles. The monoisotopic (exact) mass is 222 g/mol. The van der Waals surface area contributed by atoms with E-state index in [0.717, 1.165) is 5.92 Å². The van der Waals surface area contributed by atoms with Crippen molar-refractivity contribution >= 4 is 0 Å². The van der Waals surface area contributed by atoms with Crippen LogP contribution in [0, 0.1) is 11.8 Å². The third-order valence-corrected chi connectivity index (χ3v) is 4.76. The first-order valence-electron chi connectivity index (χ1n) is 6.93. The van der Waals surface area contributed by atoms with E-state index in [1.807, 2.05) is 0 Å². The Morgan fingerprint density at radius 2 is 1.76 bits per heavy atom. The summed E-state index contributed by atoms with van der Waals surface area (Å²) >= 11 is 0. The third kappa shape index (κ3) is 1.36. The lowest BCUT2D eigenvalue weighted by atomic mass is 9.69. The van der Waals surface area contributed by atoms with Gasteiger partial charge in [-0.05, 0) is 42.4 Å². The highest BCUT2D eigenvalue weighted by molar-refractivity contribution is 5.57. The molecule has 0 unspecified atom stereocenters. The predicted octanol–water partition coefficient (Wildman–Crippen LogP) is 4.49. The van der Waals surface area contributed by atoms with Crippen molar-refractivity contribution in [3.05, 3.63) is 58.7 Å². The highest BCUT2D eigenvalue weighted by Gasteiger charge is 2.33. The summed E-state index contributed by atoms with van der Waals surface area (Å²) in [5.74, 6) is 1.43. The van der Waals surface area contributed by atoms with Crippen LogP contribution in [0.5, 0.6) is 0 Å². The molecule has 0 heterocycles. The normalized spacial score (nSPS) is 33.9. The maximum atomic E-state index is 2.43. The minimum atomic E-state index is 0.676. The number of allylic oxidation sites excluding steroid dienone is 10. The summed E-state index contributed by atoms with van der Waals surface area (Å²) in [5, 5.41) is 0. The van der Waals surface area contributed by atoms with Crippen LogP contribution in [-0.2, 0) is 0 Å². The molecular formula is C17H18. The van der Waals surface area contributed by atoms with E-state index in [0.29, 0.717) is 5.92 Å². The van der Waals surface area contributed by atoms with Crippen LogP contribution in [0.4, 0.5) is 0 Å². The Balaban J connectivity index is 1.80. The fraction of sp³-hybridized carbons (Fsp3) is 0.412. The summed E-state index contributed by atoms with van der Waals surface area (Å²) in [6, 6.07) is 0. The summed E-state index contributed by atoms with van der Waals surface area (Å²) < 4.78 is 0. The van der Waals surface area contributed by atoms with E-state index in [4.69, 9.17) is 0 Å². The van der Waals surface area contributed by atoms with Gasteiger partial charge in [0.25, 0.3) is 0 Å². The lowest BCUT2D eigenvalue weighted by molar-refractivity contribution is 0.493. The average Bonchev–Trinajstić information content (AvgIpc) is 2.86. The smallest absolute Gasteiger partial charge is 0.0127 e. The van der Waals surface area contributed by atoms with E-state index in [1.165, 1.54) is 37.7 Å². The quantitative estimate of drug-likeness (QED) is 0.566. The average molecular weight is 222 g/mol. The molecule has 0 bridgehead atoms. The molecule has 4 aliphatic rings. The van der Waals surface area contributed by atoms with Crippen molar-refractivity contribution in [2.75, 3.05) is 0 Å². The lowest BCUT2D eigenvalue weighted by Gasteiger charge is -2.35. The van der Waals surface area contributed by atoms with Crippen LogP contribution < -0.4 is 0 Å². The van der Waals surface area contributed by atoms with Crippen LogP contribution in [0.25, 0.3) is 0 Å². The van der Waals surface area contributed by atoms with Gasteiger partial charge in [0.1, 0.15) is 0 Å². The Morgan fingerprint density at radius 3 is 2.76 bits per heavy atom. The number of hydrogen-bond acceptors (Lipinski definition) is 0. The third-order valence-electron chi connectivity index (χ3n) is 4.76. The van der Waals surface area contributed by atoms with Crippen LogP contribution in [0.2, 0.25) is 0 Å². The summed E-state index contributed by atoms with van der Waals surface area (Å²) in [4.78, 5) is 0. The predicted molar refractivity (Wildman–Crippen MR) is 71.5 cm³/mol. The van der Waals surface area contributed by atoms with Gasteiger partial charge in [-0.15, -0.1) is 0 Å². The van der Waals surface area contributed by atoms with Gasteiger partial charge in [0.05, 0.1) is 0 Å². The highest BCUT2D eigenvalue weighted by Crippen LogP contribution is 2.47. The lowest BCUT2D eigenvalue weighted by Crippen LogP contribution is -2.21. The molecule has 0 saturated heterocycles. The molecule has 17 heavy (non-hydrogen) atoms. The fourth-order valence-electron chi connectivity index (χ4n) is 3.87. The molecule has 0 spiro atoms. The largest absolute Gasteiger partial charge is 0.0833 e. The Labute approximate surface area is 103 Å². The molecule has 0 aliphatic heterocycles. The molecule has 0 aromatic heterocycles. The fourth-order valence-corrected chi connectivity index (χ4v) is 3.87. The van der Waals surface area contributed by atoms with Gasteiger partial charge in [-0.3, -0.25) is 0 Å². The summed E-state index contributed by atoms with van der Waals surface area (Å²) in [6.45, 7) is 0. The van der Waals surface area contributed by atoms with Gasteiger partial charge in [-0.2, -0.15) is 0 Å². The molecule has 0 amide bonds. The first-order valence-corrected chi connectivity index (χ1v) is 6.93. The second-order valence-corrected chi connectivity index (χ2v) is 5.64. The zero-order valence-electron chi connectivity index (χ0n) is 10.2. The molecule has 1 saturated carbocycles. The van der Waals surface area contributed by atoms with Gasteiger partial charge in [0.2, 0.25) is 0 Å². The van der Waals surface area contributed by atoms with Crippen molar-refractivity contribution in [2.45, 2.75) is 32.1 Å². The molecule has 2 atom stereocenters. The molecular weight excluding hydrogens is 204 g/mol. The van der Waals surface area contributed by atoms with Crippen LogP contribution in [0.15, 0.2) is 58.7 Å². The van der Waals surface area contributed by atoms with Gasteiger partial charge < -0.3 is 0 Å². The van der Waals surface area contributed by atoms with Crippen molar-refractivity contribution < 1.29 is 0 Å². The van der Waals surface area contributed by atoms with Crippen molar-refractivity contribution in [1.29, 1.82) is 0 Å². The summed E-state index contributed by atoms with van der Waals surface area (Å²) in [5.41, 5.74) is 6.46. The Morgan fingerprint density at radius 1 is 0.882 bits per heavy atom.